The lowest BCUT2D eigenvalue weighted by atomic mass is 9.81. The predicted octanol–water partition coefficient (Wildman–Crippen LogP) is 5.61. The van der Waals surface area contributed by atoms with Crippen LogP contribution < -0.4 is 10.3 Å². The zero-order chi connectivity index (χ0) is 20.2. The first-order valence-corrected chi connectivity index (χ1v) is 11.6. The largest absolute Gasteiger partial charge is 0.493 e. The van der Waals surface area contributed by atoms with Gasteiger partial charge in [-0.2, -0.15) is 0 Å². The average molecular weight is 421 g/mol. The van der Waals surface area contributed by atoms with Crippen molar-refractivity contribution in [1.82, 2.24) is 9.97 Å². The summed E-state index contributed by atoms with van der Waals surface area (Å²) in [5, 5.41) is 0.0223. The summed E-state index contributed by atoms with van der Waals surface area (Å²) >= 11 is 5.85. The van der Waals surface area contributed by atoms with Crippen LogP contribution in [0.3, 0.4) is 0 Å². The molecule has 4 rings (SSSR count). The van der Waals surface area contributed by atoms with E-state index in [1.54, 1.807) is 6.07 Å². The number of H-pyrrole nitrogens is 1. The van der Waals surface area contributed by atoms with E-state index in [1.807, 2.05) is 0 Å². The number of nitrogens with zero attached hydrogens (tertiary/aromatic N) is 1. The number of aromatic nitrogens is 2. The fraction of sp³-hybridized carbons (Fsp3) is 0.652. The Labute approximate surface area is 176 Å². The molecule has 2 fully saturated rings. The highest BCUT2D eigenvalue weighted by atomic mass is 35.5. The Morgan fingerprint density at radius 2 is 1.79 bits per heavy atom. The lowest BCUT2D eigenvalue weighted by Gasteiger charge is -2.28. The molecule has 0 saturated heterocycles. The van der Waals surface area contributed by atoms with Crippen molar-refractivity contribution in [2.75, 3.05) is 12.5 Å². The lowest BCUT2D eigenvalue weighted by molar-refractivity contribution is 0.181. The number of rotatable bonds is 7. The van der Waals surface area contributed by atoms with Crippen LogP contribution in [0.2, 0.25) is 0 Å². The van der Waals surface area contributed by atoms with Gasteiger partial charge < -0.3 is 9.72 Å². The number of fused-ring (bicyclic) bond motifs is 1. The molecular formula is C23H30ClFN2O2. The van der Waals surface area contributed by atoms with Crippen LogP contribution in [-0.2, 0) is 6.42 Å². The highest BCUT2D eigenvalue weighted by Gasteiger charge is 2.22. The van der Waals surface area contributed by atoms with Gasteiger partial charge in [-0.1, -0.05) is 38.5 Å². The van der Waals surface area contributed by atoms with E-state index in [9.17, 15) is 9.18 Å². The maximum absolute atomic E-state index is 14.6. The summed E-state index contributed by atoms with van der Waals surface area (Å²) in [7, 11) is 0. The maximum atomic E-state index is 14.6. The molecule has 158 valence electrons. The monoisotopic (exact) mass is 420 g/mol. The van der Waals surface area contributed by atoms with Gasteiger partial charge in [0.15, 0.2) is 0 Å². The van der Waals surface area contributed by atoms with E-state index in [-0.39, 0.29) is 5.39 Å². The molecule has 1 aromatic heterocycles. The van der Waals surface area contributed by atoms with Gasteiger partial charge in [-0.25, -0.2) is 9.37 Å². The lowest BCUT2D eigenvalue weighted by Crippen LogP contribution is -2.20. The van der Waals surface area contributed by atoms with Crippen molar-refractivity contribution in [3.63, 3.8) is 0 Å². The van der Waals surface area contributed by atoms with Gasteiger partial charge in [0.2, 0.25) is 0 Å². The molecule has 0 radical (unpaired) electrons. The average Bonchev–Trinajstić information content (AvgIpc) is 3.20. The van der Waals surface area contributed by atoms with Crippen molar-refractivity contribution in [1.29, 1.82) is 0 Å². The molecule has 1 aromatic carbocycles. The minimum atomic E-state index is -0.565. The Kier molecular flexibility index (Phi) is 6.74. The van der Waals surface area contributed by atoms with Crippen LogP contribution in [-0.4, -0.2) is 22.5 Å². The van der Waals surface area contributed by atoms with Crippen molar-refractivity contribution in [3.05, 3.63) is 34.1 Å². The third kappa shape index (κ3) is 5.11. The van der Waals surface area contributed by atoms with E-state index in [1.165, 1.54) is 44.6 Å². The molecule has 2 aromatic rings. The Morgan fingerprint density at radius 1 is 1.07 bits per heavy atom. The highest BCUT2D eigenvalue weighted by Crippen LogP contribution is 2.32. The van der Waals surface area contributed by atoms with E-state index < -0.39 is 11.4 Å². The molecular weight excluding hydrogens is 391 g/mol. The molecule has 29 heavy (non-hydrogen) atoms. The van der Waals surface area contributed by atoms with Crippen LogP contribution in [0.4, 0.5) is 4.39 Å². The molecule has 0 unspecified atom stereocenters. The van der Waals surface area contributed by atoms with E-state index in [0.29, 0.717) is 35.5 Å². The summed E-state index contributed by atoms with van der Waals surface area (Å²) in [6.45, 7) is 0.580. The smallest absolute Gasteiger partial charge is 0.261 e. The first-order chi connectivity index (χ1) is 14.1. The number of alkyl halides is 1. The zero-order valence-corrected chi connectivity index (χ0v) is 17.6. The summed E-state index contributed by atoms with van der Waals surface area (Å²) < 4.78 is 20.5. The van der Waals surface area contributed by atoms with E-state index >= 15 is 0 Å². The number of benzene rings is 1. The Hall–Kier alpha value is -1.62. The highest BCUT2D eigenvalue weighted by molar-refractivity contribution is 6.17. The minimum Gasteiger partial charge on any atom is -0.493 e. The molecule has 2 aliphatic rings. The van der Waals surface area contributed by atoms with Crippen molar-refractivity contribution < 1.29 is 9.13 Å². The Morgan fingerprint density at radius 3 is 2.52 bits per heavy atom. The number of hydrogen-bond acceptors (Lipinski definition) is 3. The SMILES string of the molecule is O=c1[nH]c(CC2CCCC2)nc2cc(OCC3CCC(CCCl)CC3)cc(F)c12. The summed E-state index contributed by atoms with van der Waals surface area (Å²) in [5.41, 5.74) is -0.00720. The first kappa shape index (κ1) is 20.6. The third-order valence-electron chi connectivity index (χ3n) is 6.71. The third-order valence-corrected chi connectivity index (χ3v) is 6.93. The second-order valence-electron chi connectivity index (χ2n) is 8.84. The second-order valence-corrected chi connectivity index (χ2v) is 9.22. The quantitative estimate of drug-likeness (QED) is 0.592. The molecule has 0 bridgehead atoms. The van der Waals surface area contributed by atoms with Gasteiger partial charge in [0.25, 0.3) is 5.56 Å². The van der Waals surface area contributed by atoms with Crippen LogP contribution in [0.25, 0.3) is 10.9 Å². The van der Waals surface area contributed by atoms with Gasteiger partial charge in [-0.05, 0) is 37.0 Å². The second kappa shape index (κ2) is 9.46. The fourth-order valence-corrected chi connectivity index (χ4v) is 5.28. The first-order valence-electron chi connectivity index (χ1n) is 11.0. The molecule has 1 N–H and O–H groups in total. The molecule has 0 aliphatic heterocycles. The fourth-order valence-electron chi connectivity index (χ4n) is 4.97. The number of ether oxygens (including phenoxy) is 1. The van der Waals surface area contributed by atoms with Crippen molar-refractivity contribution >= 4 is 22.5 Å². The van der Waals surface area contributed by atoms with Crippen LogP contribution in [0.1, 0.15) is 63.6 Å². The molecule has 2 aliphatic carbocycles. The van der Waals surface area contributed by atoms with Crippen molar-refractivity contribution in [3.8, 4) is 5.75 Å². The number of hydrogen-bond donors (Lipinski definition) is 1. The standard InChI is InChI=1S/C23H30ClFN2O2/c24-10-9-15-5-7-17(8-6-15)14-29-18-12-19(25)22-20(13-18)26-21(27-23(22)28)11-16-3-1-2-4-16/h12-13,15-17H,1-11,14H2,(H,26,27,28). The van der Waals surface area contributed by atoms with E-state index in [0.717, 1.165) is 37.5 Å². The maximum Gasteiger partial charge on any atom is 0.261 e. The molecule has 4 nitrogen and oxygen atoms in total. The van der Waals surface area contributed by atoms with Crippen LogP contribution in [0, 0.1) is 23.6 Å². The predicted molar refractivity (Wildman–Crippen MR) is 114 cm³/mol. The van der Waals surface area contributed by atoms with Gasteiger partial charge in [0, 0.05) is 24.4 Å². The summed E-state index contributed by atoms with van der Waals surface area (Å²) in [6.07, 6.45) is 11.3. The van der Waals surface area contributed by atoms with Gasteiger partial charge >= 0.3 is 0 Å². The molecule has 0 amide bonds. The molecule has 1 heterocycles. The number of nitrogens with one attached hydrogen (secondary N) is 1. The van der Waals surface area contributed by atoms with Crippen LogP contribution in [0.5, 0.6) is 5.75 Å². The number of aromatic amines is 1. The Balaban J connectivity index is 1.45. The molecule has 0 atom stereocenters. The van der Waals surface area contributed by atoms with Gasteiger partial charge in [-0.3, -0.25) is 4.79 Å². The topological polar surface area (TPSA) is 55.0 Å². The van der Waals surface area contributed by atoms with Crippen molar-refractivity contribution in [2.45, 2.75) is 64.2 Å². The van der Waals surface area contributed by atoms with E-state index in [4.69, 9.17) is 16.3 Å². The summed E-state index contributed by atoms with van der Waals surface area (Å²) in [5.74, 6) is 3.07. The molecule has 2 saturated carbocycles. The van der Waals surface area contributed by atoms with Crippen LogP contribution in [0.15, 0.2) is 16.9 Å². The van der Waals surface area contributed by atoms with Gasteiger partial charge in [0.1, 0.15) is 22.8 Å². The zero-order valence-electron chi connectivity index (χ0n) is 16.9. The normalized spacial score (nSPS) is 23.0. The summed E-state index contributed by atoms with van der Waals surface area (Å²) in [4.78, 5) is 19.7. The van der Waals surface area contributed by atoms with Crippen molar-refractivity contribution in [2.24, 2.45) is 17.8 Å². The molecule has 6 heteroatoms. The number of halogens is 2. The summed E-state index contributed by atoms with van der Waals surface area (Å²) in [6, 6.07) is 3.03. The Bertz CT molecular complexity index is 886. The van der Waals surface area contributed by atoms with E-state index in [2.05, 4.69) is 9.97 Å². The van der Waals surface area contributed by atoms with Gasteiger partial charge in [0.05, 0.1) is 12.1 Å². The molecule has 0 spiro atoms. The minimum absolute atomic E-state index is 0.0223. The van der Waals surface area contributed by atoms with Crippen LogP contribution >= 0.6 is 11.6 Å². The van der Waals surface area contributed by atoms with Gasteiger partial charge in [-0.15, -0.1) is 11.6 Å².